The summed E-state index contributed by atoms with van der Waals surface area (Å²) in [5.74, 6) is -1.40. The van der Waals surface area contributed by atoms with E-state index < -0.39 is 17.7 Å². The van der Waals surface area contributed by atoms with Crippen molar-refractivity contribution >= 4 is 61.7 Å². The van der Waals surface area contributed by atoms with Crippen molar-refractivity contribution in [1.29, 1.82) is 0 Å². The maximum atomic E-state index is 13.1. The molecule has 1 amide bonds. The summed E-state index contributed by atoms with van der Waals surface area (Å²) in [6, 6.07) is 15.6. The molecule has 2 aromatic heterocycles. The monoisotopic (exact) mass is 493 g/mol. The van der Waals surface area contributed by atoms with Gasteiger partial charge in [-0.05, 0) is 48.2 Å². The Labute approximate surface area is 190 Å². The predicted octanol–water partition coefficient (Wildman–Crippen LogP) is 5.32. The molecule has 5 rings (SSSR count). The van der Waals surface area contributed by atoms with E-state index in [-0.39, 0.29) is 17.3 Å². The Morgan fingerprint density at radius 1 is 1.16 bits per heavy atom. The molecule has 6 nitrogen and oxygen atoms in total. The SMILES string of the molecule is Cc1cc(/C(O)=C2\C(=O)C(=O)N(c3nc4ccccc4[nH]3)C2c2cccs2)ccc1Br. The van der Waals surface area contributed by atoms with Crippen molar-refractivity contribution in [3.63, 3.8) is 0 Å². The van der Waals surface area contributed by atoms with Gasteiger partial charge in [-0.15, -0.1) is 11.3 Å². The van der Waals surface area contributed by atoms with Gasteiger partial charge in [-0.3, -0.25) is 14.5 Å². The number of aromatic amines is 1. The number of imidazole rings is 1. The van der Waals surface area contributed by atoms with Crippen LogP contribution >= 0.6 is 27.3 Å². The summed E-state index contributed by atoms with van der Waals surface area (Å²) in [6.07, 6.45) is 0. The molecular formula is C23H16BrN3O3S. The maximum absolute atomic E-state index is 13.1. The molecule has 2 aromatic carbocycles. The standard InChI is InChI=1S/C23H16BrN3O3S/c1-12-11-13(8-9-14(12)24)20(28)18-19(17-7-4-10-31-17)27(22(30)21(18)29)23-25-15-5-2-3-6-16(15)26-23/h2-11,19,28H,1H3,(H,25,26)/b20-18+. The number of nitrogens with one attached hydrogen (secondary N) is 1. The second-order valence-electron chi connectivity index (χ2n) is 7.23. The molecule has 1 saturated heterocycles. The van der Waals surface area contributed by atoms with Gasteiger partial charge in [0.1, 0.15) is 11.8 Å². The maximum Gasteiger partial charge on any atom is 0.302 e. The van der Waals surface area contributed by atoms with Gasteiger partial charge < -0.3 is 10.1 Å². The number of halogens is 1. The van der Waals surface area contributed by atoms with Crippen molar-refractivity contribution in [3.05, 3.63) is 86.0 Å². The first kappa shape index (κ1) is 19.7. The van der Waals surface area contributed by atoms with Crippen LogP contribution in [-0.2, 0) is 9.59 Å². The Bertz CT molecular complexity index is 1340. The zero-order valence-corrected chi connectivity index (χ0v) is 18.7. The summed E-state index contributed by atoms with van der Waals surface area (Å²) in [5.41, 5.74) is 2.88. The van der Waals surface area contributed by atoms with Gasteiger partial charge in [0.05, 0.1) is 16.6 Å². The van der Waals surface area contributed by atoms with Crippen LogP contribution in [0.15, 0.2) is 70.0 Å². The highest BCUT2D eigenvalue weighted by molar-refractivity contribution is 9.10. The number of aryl methyl sites for hydroxylation is 1. The van der Waals surface area contributed by atoms with Crippen LogP contribution in [-0.4, -0.2) is 26.8 Å². The van der Waals surface area contributed by atoms with Crippen LogP contribution in [0.3, 0.4) is 0 Å². The zero-order chi connectivity index (χ0) is 21.7. The van der Waals surface area contributed by atoms with Crippen LogP contribution < -0.4 is 4.90 Å². The Morgan fingerprint density at radius 3 is 2.68 bits per heavy atom. The molecule has 1 fully saturated rings. The third-order valence-electron chi connectivity index (χ3n) is 5.29. The number of rotatable bonds is 3. The third kappa shape index (κ3) is 3.19. The number of nitrogens with zero attached hydrogens (tertiary/aromatic N) is 2. The molecule has 2 N–H and O–H groups in total. The minimum absolute atomic E-state index is 0.0506. The number of carbonyl (C=O) groups excluding carboxylic acids is 2. The average Bonchev–Trinajstić information content (AvgIpc) is 3.48. The summed E-state index contributed by atoms with van der Waals surface area (Å²) in [4.78, 5) is 36.0. The molecule has 0 saturated carbocycles. The molecule has 0 spiro atoms. The van der Waals surface area contributed by atoms with E-state index in [1.165, 1.54) is 16.2 Å². The first-order valence-corrected chi connectivity index (χ1v) is 11.2. The second kappa shape index (κ2) is 7.47. The van der Waals surface area contributed by atoms with E-state index in [4.69, 9.17) is 0 Å². The van der Waals surface area contributed by atoms with E-state index in [0.29, 0.717) is 11.1 Å². The van der Waals surface area contributed by atoms with Crippen molar-refractivity contribution < 1.29 is 14.7 Å². The number of aliphatic hydroxyl groups is 1. The van der Waals surface area contributed by atoms with Gasteiger partial charge in [0.2, 0.25) is 5.95 Å². The molecule has 0 bridgehead atoms. The highest BCUT2D eigenvalue weighted by Gasteiger charge is 2.48. The molecule has 8 heteroatoms. The Balaban J connectivity index is 1.72. The van der Waals surface area contributed by atoms with E-state index >= 15 is 0 Å². The van der Waals surface area contributed by atoms with Crippen LogP contribution in [0.25, 0.3) is 16.8 Å². The first-order valence-electron chi connectivity index (χ1n) is 9.51. The molecule has 154 valence electrons. The number of hydrogen-bond donors (Lipinski definition) is 2. The fourth-order valence-corrected chi connectivity index (χ4v) is 4.84. The van der Waals surface area contributed by atoms with Crippen molar-refractivity contribution in [1.82, 2.24) is 9.97 Å². The average molecular weight is 494 g/mol. The molecule has 0 radical (unpaired) electrons. The summed E-state index contributed by atoms with van der Waals surface area (Å²) in [7, 11) is 0. The van der Waals surface area contributed by atoms with Gasteiger partial charge in [-0.2, -0.15) is 0 Å². The summed E-state index contributed by atoms with van der Waals surface area (Å²) in [5, 5.41) is 13.0. The summed E-state index contributed by atoms with van der Waals surface area (Å²) < 4.78 is 0.890. The van der Waals surface area contributed by atoms with E-state index in [1.807, 2.05) is 48.7 Å². The normalized spacial score (nSPS) is 18.3. The Morgan fingerprint density at radius 2 is 1.97 bits per heavy atom. The van der Waals surface area contributed by atoms with Gasteiger partial charge in [0.15, 0.2) is 0 Å². The van der Waals surface area contributed by atoms with Gasteiger partial charge in [0, 0.05) is 14.9 Å². The quantitative estimate of drug-likeness (QED) is 0.229. The lowest BCUT2D eigenvalue weighted by Gasteiger charge is -2.21. The zero-order valence-electron chi connectivity index (χ0n) is 16.3. The lowest BCUT2D eigenvalue weighted by Crippen LogP contribution is -2.30. The number of fused-ring (bicyclic) bond motifs is 1. The van der Waals surface area contributed by atoms with E-state index in [0.717, 1.165) is 20.4 Å². The number of anilines is 1. The van der Waals surface area contributed by atoms with E-state index in [1.54, 1.807) is 18.2 Å². The molecule has 31 heavy (non-hydrogen) atoms. The number of para-hydroxylation sites is 2. The fraction of sp³-hybridized carbons (Fsp3) is 0.0870. The van der Waals surface area contributed by atoms with Crippen LogP contribution in [0.4, 0.5) is 5.95 Å². The number of aliphatic hydroxyl groups excluding tert-OH is 1. The molecule has 3 heterocycles. The van der Waals surface area contributed by atoms with Crippen molar-refractivity contribution in [2.45, 2.75) is 13.0 Å². The van der Waals surface area contributed by atoms with Crippen LogP contribution in [0.5, 0.6) is 0 Å². The first-order chi connectivity index (χ1) is 15.0. The smallest absolute Gasteiger partial charge is 0.302 e. The molecule has 1 atom stereocenters. The predicted molar refractivity (Wildman–Crippen MR) is 124 cm³/mol. The molecule has 1 aliphatic rings. The van der Waals surface area contributed by atoms with Crippen molar-refractivity contribution in [2.24, 2.45) is 0 Å². The number of ketones is 1. The number of amides is 1. The van der Waals surface area contributed by atoms with Gasteiger partial charge >= 0.3 is 5.91 Å². The highest BCUT2D eigenvalue weighted by Crippen LogP contribution is 2.43. The van der Waals surface area contributed by atoms with E-state index in [9.17, 15) is 14.7 Å². The van der Waals surface area contributed by atoms with Crippen LogP contribution in [0.1, 0.15) is 22.0 Å². The number of hydrogen-bond acceptors (Lipinski definition) is 5. The number of benzene rings is 2. The number of thiophene rings is 1. The van der Waals surface area contributed by atoms with Gasteiger partial charge in [0.25, 0.3) is 5.78 Å². The summed E-state index contributed by atoms with van der Waals surface area (Å²) >= 11 is 4.86. The lowest BCUT2D eigenvalue weighted by atomic mass is 9.99. The Hall–Kier alpha value is -3.23. The van der Waals surface area contributed by atoms with Gasteiger partial charge in [-0.25, -0.2) is 4.98 Å². The highest BCUT2D eigenvalue weighted by atomic mass is 79.9. The fourth-order valence-electron chi connectivity index (χ4n) is 3.77. The number of Topliss-reactive ketones (excluding diaryl/α,β-unsaturated/α-hetero) is 1. The molecule has 1 aliphatic heterocycles. The molecule has 1 unspecified atom stereocenters. The van der Waals surface area contributed by atoms with Gasteiger partial charge in [-0.1, -0.05) is 40.2 Å². The topological polar surface area (TPSA) is 86.3 Å². The Kier molecular flexibility index (Phi) is 4.75. The van der Waals surface area contributed by atoms with Crippen molar-refractivity contribution in [2.75, 3.05) is 4.90 Å². The van der Waals surface area contributed by atoms with Crippen LogP contribution in [0, 0.1) is 6.92 Å². The van der Waals surface area contributed by atoms with E-state index in [2.05, 4.69) is 25.9 Å². The second-order valence-corrected chi connectivity index (χ2v) is 9.06. The number of carbonyl (C=O) groups is 2. The largest absolute Gasteiger partial charge is 0.507 e. The van der Waals surface area contributed by atoms with Crippen molar-refractivity contribution in [3.8, 4) is 0 Å². The lowest BCUT2D eigenvalue weighted by molar-refractivity contribution is -0.132. The minimum Gasteiger partial charge on any atom is -0.507 e. The molecule has 0 aliphatic carbocycles. The number of H-pyrrole nitrogens is 1. The summed E-state index contributed by atoms with van der Waals surface area (Å²) in [6.45, 7) is 1.89. The molecule has 4 aromatic rings. The number of aromatic nitrogens is 2. The minimum atomic E-state index is -0.774. The van der Waals surface area contributed by atoms with Crippen LogP contribution in [0.2, 0.25) is 0 Å². The third-order valence-corrected chi connectivity index (χ3v) is 7.11. The molecular weight excluding hydrogens is 478 g/mol.